The molecular weight excluding hydrogens is 2020 g/mol. The first-order chi connectivity index (χ1) is 63.6. The second kappa shape index (κ2) is 54.4. The number of carboxylic acids is 1. The van der Waals surface area contributed by atoms with Crippen LogP contribution in [0.25, 0.3) is 0 Å². The predicted octanol–water partition coefficient (Wildman–Crippen LogP) is 23.8. The van der Waals surface area contributed by atoms with E-state index in [-0.39, 0.29) is 102 Å². The van der Waals surface area contributed by atoms with Crippen LogP contribution in [-0.2, 0) is 87.3 Å². The average Bonchev–Trinajstić information content (AvgIpc) is 0.735. The number of halogens is 6. The van der Waals surface area contributed by atoms with Crippen molar-refractivity contribution in [2.45, 2.75) is 230 Å². The fraction of sp³-hybridized carbons (Fsp3) is 0.324. The number of carbonyl (C=O) groups is 7. The minimum Gasteiger partial charge on any atom is -0.481 e. The Bertz CT molecular complexity index is 6430. The van der Waals surface area contributed by atoms with Crippen LogP contribution < -0.4 is 22.5 Å². The lowest BCUT2D eigenvalue weighted by molar-refractivity contribution is -0.157. The molecule has 2 aliphatic rings. The Balaban J connectivity index is 0.000000427. The molecule has 38 heteroatoms. The standard InChI is InChI=1S/C20H24ClNO4S.C19H19ClN2O3S.C16H16ClNO4S.C16H14ClNO3S.C14H21NO2.C8H14O3.C6H4Cl2O2S.3CH4/c1-15(14-19(23)26-20(2,3)4)22(17-8-6-5-7-9-17)27(24,25)18-12-10-16(21)11-13-18;1-13-17(12-21(2)3)19(23)16-6-4-5-7-18(16)22(13)26(24,25)15-10-8-14(20)9-11-15;1-12(11-16(19)20)18(14-5-3-2-4-6-14)23(21,22)15-9-7-13(17)8-10-15;1-11-10-16(19)14-4-2-3-5-15(14)18(11)22(20,21)13-8-6-12(17)7-9-13;1-11(10-13(16)17-14(2,3)4)15-12-8-6-5-7-9-12;1-6(9)5-7(10)11-8(2,3)4;7-5-1-3-6(4-2-5)11(8,9)10;;;/h5-13,15H,14H2,1-4H3;4-13H,1-3H3;2-10,12H,11H2,1H3,(H,19,20);2-9,11H,10H2,1H3;5-9,11,15H,10H2,1-4H3;5H2,1-4H3;1-4H;3*1H4. The number of esters is 3. The Labute approximate surface area is 855 Å². The molecule has 2 N–H and O–H groups in total. The van der Waals surface area contributed by atoms with Gasteiger partial charge in [0.1, 0.15) is 29.0 Å². The van der Waals surface area contributed by atoms with Crippen molar-refractivity contribution in [2.75, 3.05) is 36.6 Å². The number of ketones is 3. The van der Waals surface area contributed by atoms with Crippen molar-refractivity contribution in [3.05, 3.63) is 309 Å². The highest BCUT2D eigenvalue weighted by Crippen LogP contribution is 2.40. The Morgan fingerprint density at radius 3 is 1.11 bits per heavy atom. The Kier molecular flexibility index (Phi) is 47.9. The summed E-state index contributed by atoms with van der Waals surface area (Å²) in [5.74, 6) is -2.51. The fourth-order valence-corrected chi connectivity index (χ4v) is 21.3. The zero-order valence-electron chi connectivity index (χ0n) is 78.5. The van der Waals surface area contributed by atoms with Gasteiger partial charge in [-0.2, -0.15) is 0 Å². The lowest BCUT2D eigenvalue weighted by atomic mass is 9.93. The molecule has 0 aliphatic carbocycles. The molecule has 140 heavy (non-hydrogen) atoms. The third-order valence-electron chi connectivity index (χ3n) is 18.8. The van der Waals surface area contributed by atoms with E-state index < -0.39 is 108 Å². The normalized spacial score (nSPS) is 14.3. The van der Waals surface area contributed by atoms with Gasteiger partial charge in [0, 0.05) is 97.0 Å². The van der Waals surface area contributed by atoms with Crippen molar-refractivity contribution in [1.29, 1.82) is 0 Å². The van der Waals surface area contributed by atoms with E-state index in [1.165, 1.54) is 129 Å². The van der Waals surface area contributed by atoms with Gasteiger partial charge in [0.25, 0.3) is 49.1 Å². The SMILES string of the molecule is C.C.C.CC(=O)CC(=O)OC(C)(C)C.CC(CC(=O)O)N(c1ccccc1)S(=O)(=O)c1ccc(Cl)cc1.CC(CC(=O)OC(C)(C)C)N(c1ccccc1)S(=O)(=O)c1ccc(Cl)cc1.CC(CC(=O)OC(C)(C)C)Nc1ccccc1.CC1C(=CN(C)C)C(=O)c2ccccc2N1S(=O)(=O)c1ccc(Cl)cc1.CC1CC(=O)c2ccccc2N1S(=O)(=O)c1ccc(Cl)cc1.O=S(=O)(Cl)c1ccc(Cl)cc1. The second-order valence-electron chi connectivity index (χ2n) is 34.4. The van der Waals surface area contributed by atoms with Crippen LogP contribution in [0, 0.1) is 0 Å². The van der Waals surface area contributed by atoms with Gasteiger partial charge < -0.3 is 29.5 Å². The molecule has 27 nitrogen and oxygen atoms in total. The zero-order chi connectivity index (χ0) is 103. The average molecular weight is 2140 g/mol. The summed E-state index contributed by atoms with van der Waals surface area (Å²) >= 11 is 28.9. The number of hydrogen-bond donors (Lipinski definition) is 2. The van der Waals surface area contributed by atoms with Gasteiger partial charge in [-0.25, -0.2) is 42.1 Å². The van der Waals surface area contributed by atoms with Crippen molar-refractivity contribution in [2.24, 2.45) is 0 Å². The summed E-state index contributed by atoms with van der Waals surface area (Å²) in [6, 6.07) is 67.6. The van der Waals surface area contributed by atoms with E-state index in [1.807, 2.05) is 58.0 Å². The van der Waals surface area contributed by atoms with E-state index in [0.717, 1.165) is 9.99 Å². The quantitative estimate of drug-likeness (QED) is 0.0186. The molecule has 760 valence electrons. The van der Waals surface area contributed by atoms with Crippen molar-refractivity contribution in [3.8, 4) is 0 Å². The number of fused-ring (bicyclic) bond motifs is 2. The third kappa shape index (κ3) is 38.2. The molecular formula is C102H124Cl6N6O21S5. The molecule has 0 saturated carbocycles. The first kappa shape index (κ1) is 123. The van der Waals surface area contributed by atoms with Gasteiger partial charge in [0.05, 0.1) is 84.6 Å². The molecule has 10 aromatic carbocycles. The van der Waals surface area contributed by atoms with E-state index in [2.05, 4.69) is 5.32 Å². The number of carboxylic acid groups (broad SMARTS) is 1. The molecule has 0 fully saturated rings. The van der Waals surface area contributed by atoms with Crippen LogP contribution in [0.1, 0.15) is 179 Å². The molecule has 0 amide bonds. The molecule has 5 atom stereocenters. The molecule has 0 bridgehead atoms. The first-order valence-electron chi connectivity index (χ1n) is 42.5. The topological polar surface area (TPSA) is 366 Å². The van der Waals surface area contributed by atoms with Crippen LogP contribution in [-0.4, -0.2) is 154 Å². The summed E-state index contributed by atoms with van der Waals surface area (Å²) < 4.78 is 147. The van der Waals surface area contributed by atoms with E-state index in [1.54, 1.807) is 216 Å². The monoisotopic (exact) mass is 2140 g/mol. The van der Waals surface area contributed by atoms with Crippen molar-refractivity contribution < 1.29 is 95.0 Å². The van der Waals surface area contributed by atoms with Crippen molar-refractivity contribution in [3.63, 3.8) is 0 Å². The van der Waals surface area contributed by atoms with Crippen LogP contribution in [0.5, 0.6) is 0 Å². The lowest BCUT2D eigenvalue weighted by Gasteiger charge is -2.37. The predicted molar refractivity (Wildman–Crippen MR) is 562 cm³/mol. The highest BCUT2D eigenvalue weighted by molar-refractivity contribution is 8.13. The molecule has 0 spiro atoms. The Hall–Kier alpha value is -10.9. The van der Waals surface area contributed by atoms with Gasteiger partial charge in [-0.3, -0.25) is 50.8 Å². The van der Waals surface area contributed by atoms with Gasteiger partial charge in [0.2, 0.25) is 0 Å². The maximum Gasteiger partial charge on any atom is 0.313 e. The maximum absolute atomic E-state index is 13.3. The largest absolute Gasteiger partial charge is 0.481 e. The molecule has 0 radical (unpaired) electrons. The number of rotatable bonds is 24. The number of para-hydroxylation sites is 5. The summed E-state index contributed by atoms with van der Waals surface area (Å²) in [6.07, 6.45) is 1.71. The number of sulfonamides is 4. The number of Topliss-reactive ketones (excluding diaryl/α,β-unsaturated/α-hetero) is 3. The van der Waals surface area contributed by atoms with Crippen LogP contribution in [0.15, 0.2) is 297 Å². The highest BCUT2D eigenvalue weighted by atomic mass is 35.7. The summed E-state index contributed by atoms with van der Waals surface area (Å²) in [5, 5.41) is 14.6. The van der Waals surface area contributed by atoms with Gasteiger partial charge >= 0.3 is 23.9 Å². The summed E-state index contributed by atoms with van der Waals surface area (Å²) in [5.41, 5.74) is 2.42. The Morgan fingerprint density at radius 1 is 0.436 bits per heavy atom. The van der Waals surface area contributed by atoms with Crippen LogP contribution in [0.3, 0.4) is 0 Å². The van der Waals surface area contributed by atoms with Gasteiger partial charge in [-0.15, -0.1) is 0 Å². The number of aliphatic carboxylic acids is 1. The van der Waals surface area contributed by atoms with Crippen molar-refractivity contribution >= 4 is 187 Å². The van der Waals surface area contributed by atoms with E-state index >= 15 is 0 Å². The van der Waals surface area contributed by atoms with Crippen LogP contribution >= 0.6 is 68.7 Å². The maximum atomic E-state index is 13.3. The second-order valence-corrected chi connectivity index (χ2v) is 46.4. The number of nitrogens with zero attached hydrogens (tertiary/aromatic N) is 5. The van der Waals surface area contributed by atoms with Gasteiger partial charge in [0.15, 0.2) is 11.6 Å². The molecule has 5 unspecified atom stereocenters. The molecule has 0 aromatic heterocycles. The lowest BCUT2D eigenvalue weighted by Crippen LogP contribution is -2.45. The molecule has 0 saturated heterocycles. The minimum absolute atomic E-state index is 0. The number of nitrogens with one attached hydrogen (secondary N) is 1. The molecule has 2 heterocycles. The summed E-state index contributed by atoms with van der Waals surface area (Å²) in [7, 11) is -10.4. The van der Waals surface area contributed by atoms with E-state index in [0.29, 0.717) is 71.0 Å². The minimum atomic E-state index is -3.90. The highest BCUT2D eigenvalue weighted by Gasteiger charge is 2.42. The smallest absolute Gasteiger partial charge is 0.313 e. The number of carbonyl (C=O) groups excluding carboxylic acids is 6. The number of ether oxygens (including phenoxy) is 3. The van der Waals surface area contributed by atoms with Gasteiger partial charge in [-0.1, -0.05) is 159 Å². The first-order valence-corrected chi connectivity index (χ1v) is 52.4. The molecule has 2 aliphatic heterocycles. The number of anilines is 5. The van der Waals surface area contributed by atoms with Gasteiger partial charge in [-0.05, 0) is 286 Å². The third-order valence-corrected chi connectivity index (χ3v) is 29.2. The van der Waals surface area contributed by atoms with Crippen molar-refractivity contribution in [1.82, 2.24) is 4.90 Å². The Morgan fingerprint density at radius 2 is 0.750 bits per heavy atom. The van der Waals surface area contributed by atoms with E-state index in [4.69, 9.17) is 88.0 Å². The van der Waals surface area contributed by atoms with Crippen LogP contribution in [0.4, 0.5) is 28.4 Å². The summed E-state index contributed by atoms with van der Waals surface area (Å²) in [6.45, 7) is 26.3. The summed E-state index contributed by atoms with van der Waals surface area (Å²) in [4.78, 5) is 83.4. The fourth-order valence-electron chi connectivity index (χ4n) is 13.3. The number of hydrogen-bond acceptors (Lipinski definition) is 22. The molecule has 12 rings (SSSR count). The molecule has 10 aromatic rings. The van der Waals surface area contributed by atoms with E-state index in [9.17, 15) is 75.7 Å². The van der Waals surface area contributed by atoms with Crippen LogP contribution in [0.2, 0.25) is 25.1 Å². The zero-order valence-corrected chi connectivity index (χ0v) is 87.1. The number of benzene rings is 10.